The molecule has 4 nitrogen and oxygen atoms in total. The molecular formula is C39H36O4P+. The van der Waals surface area contributed by atoms with Crippen molar-refractivity contribution in [3.05, 3.63) is 149 Å². The highest BCUT2D eigenvalue weighted by atomic mass is 31.2. The zero-order chi connectivity index (χ0) is 30.4. The van der Waals surface area contributed by atoms with Gasteiger partial charge in [-0.15, -0.1) is 0 Å². The average Bonchev–Trinajstić information content (AvgIpc) is 3.09. The molecule has 1 heterocycles. The number of fused-ring (bicyclic) bond motifs is 1. The van der Waals surface area contributed by atoms with Crippen molar-refractivity contribution in [2.24, 2.45) is 0 Å². The van der Waals surface area contributed by atoms with E-state index in [9.17, 15) is 4.79 Å². The summed E-state index contributed by atoms with van der Waals surface area (Å²) in [6.45, 7) is 0. The lowest BCUT2D eigenvalue weighted by Gasteiger charge is -2.27. The standard InChI is InChI=1S/C39H36O4P/c1-41-36-26-25-34-37(40)35(28-43-38(34)39(36)42-2)30-23-21-29(22-24-30)14-12-13-27-44(31-15-6-3-7-16-31,32-17-8-4-9-18-32)33-19-10-5-11-20-33/h3-11,15-26,28H,12-14,27H2,1-2H3/q+1. The zero-order valence-electron chi connectivity index (χ0n) is 25.1. The number of benzene rings is 5. The first-order chi connectivity index (χ1) is 21.7. The topological polar surface area (TPSA) is 48.7 Å². The van der Waals surface area contributed by atoms with Gasteiger partial charge in [0, 0.05) is 0 Å². The largest absolute Gasteiger partial charge is 0.493 e. The molecule has 1 aromatic heterocycles. The average molecular weight is 600 g/mol. The second-order valence-electron chi connectivity index (χ2n) is 10.9. The van der Waals surface area contributed by atoms with E-state index >= 15 is 0 Å². The number of hydrogen-bond donors (Lipinski definition) is 0. The summed E-state index contributed by atoms with van der Waals surface area (Å²) in [5, 5.41) is 4.73. The van der Waals surface area contributed by atoms with Crippen LogP contribution in [-0.2, 0) is 6.42 Å². The van der Waals surface area contributed by atoms with E-state index in [4.69, 9.17) is 13.9 Å². The summed E-state index contributed by atoms with van der Waals surface area (Å²) in [6, 6.07) is 44.9. The normalized spacial score (nSPS) is 11.4. The molecule has 0 unspecified atom stereocenters. The predicted octanol–water partition coefficient (Wildman–Crippen LogP) is 7.79. The molecule has 220 valence electrons. The highest BCUT2D eigenvalue weighted by Crippen LogP contribution is 2.56. The minimum absolute atomic E-state index is 0.0944. The quantitative estimate of drug-likeness (QED) is 0.113. The molecule has 0 aliphatic heterocycles. The third kappa shape index (κ3) is 5.66. The number of aryl methyl sites for hydroxylation is 1. The summed E-state index contributed by atoms with van der Waals surface area (Å²) >= 11 is 0. The van der Waals surface area contributed by atoms with Crippen molar-refractivity contribution in [3.8, 4) is 22.6 Å². The van der Waals surface area contributed by atoms with E-state index in [1.165, 1.54) is 34.9 Å². The van der Waals surface area contributed by atoms with Crippen LogP contribution >= 0.6 is 7.26 Å². The van der Waals surface area contributed by atoms with Gasteiger partial charge in [-0.3, -0.25) is 4.79 Å². The minimum atomic E-state index is -1.82. The number of hydrogen-bond acceptors (Lipinski definition) is 4. The molecule has 0 spiro atoms. The van der Waals surface area contributed by atoms with Crippen LogP contribution in [0.5, 0.6) is 11.5 Å². The SMILES string of the molecule is COc1ccc2c(=O)c(-c3ccc(CCCC[P+](c4ccccc4)(c4ccccc4)c4ccccc4)cc3)coc2c1OC. The van der Waals surface area contributed by atoms with Crippen LogP contribution in [0.4, 0.5) is 0 Å². The fraction of sp³-hybridized carbons (Fsp3) is 0.154. The molecule has 6 rings (SSSR count). The number of methoxy groups -OCH3 is 2. The fourth-order valence-electron chi connectivity index (χ4n) is 6.12. The summed E-state index contributed by atoms with van der Waals surface area (Å²) in [5.41, 5.74) is 2.91. The highest BCUT2D eigenvalue weighted by molar-refractivity contribution is 7.95. The molecule has 5 heteroatoms. The molecule has 0 radical (unpaired) electrons. The molecule has 0 N–H and O–H groups in total. The summed E-state index contributed by atoms with van der Waals surface area (Å²) in [4.78, 5) is 13.4. The third-order valence-electron chi connectivity index (χ3n) is 8.35. The molecule has 0 saturated carbocycles. The molecule has 5 aromatic carbocycles. The molecule has 0 aliphatic carbocycles. The van der Waals surface area contributed by atoms with Gasteiger partial charge in [0.1, 0.15) is 29.4 Å². The lowest BCUT2D eigenvalue weighted by molar-refractivity contribution is 0.353. The van der Waals surface area contributed by atoms with Crippen molar-refractivity contribution in [1.82, 2.24) is 0 Å². The van der Waals surface area contributed by atoms with E-state index < -0.39 is 7.26 Å². The van der Waals surface area contributed by atoms with Crippen LogP contribution in [0.2, 0.25) is 0 Å². The van der Waals surface area contributed by atoms with Crippen molar-refractivity contribution in [2.75, 3.05) is 20.4 Å². The first kappa shape index (κ1) is 29.4. The molecule has 0 bridgehead atoms. The molecule has 0 aliphatic rings. The Hall–Kier alpha value is -4.66. The summed E-state index contributed by atoms with van der Waals surface area (Å²) in [5.74, 6) is 0.943. The van der Waals surface area contributed by atoms with Crippen molar-refractivity contribution in [2.45, 2.75) is 19.3 Å². The van der Waals surface area contributed by atoms with E-state index in [0.717, 1.165) is 31.0 Å². The fourth-order valence-corrected chi connectivity index (χ4v) is 10.5. The van der Waals surface area contributed by atoms with Gasteiger partial charge in [-0.2, -0.15) is 0 Å². The van der Waals surface area contributed by atoms with Crippen LogP contribution in [0, 0.1) is 0 Å². The van der Waals surface area contributed by atoms with Crippen LogP contribution in [0.3, 0.4) is 0 Å². The zero-order valence-corrected chi connectivity index (χ0v) is 26.0. The maximum Gasteiger partial charge on any atom is 0.204 e. The monoisotopic (exact) mass is 599 g/mol. The van der Waals surface area contributed by atoms with Gasteiger partial charge in [0.05, 0.1) is 31.3 Å². The number of ether oxygens (including phenoxy) is 2. The highest BCUT2D eigenvalue weighted by Gasteiger charge is 2.44. The first-order valence-corrected chi connectivity index (χ1v) is 16.9. The van der Waals surface area contributed by atoms with Crippen molar-refractivity contribution < 1.29 is 13.9 Å². The summed E-state index contributed by atoms with van der Waals surface area (Å²) in [6.07, 6.45) is 5.78. The lowest BCUT2D eigenvalue weighted by Crippen LogP contribution is -2.33. The molecule has 44 heavy (non-hydrogen) atoms. The van der Waals surface area contributed by atoms with Gasteiger partial charge < -0.3 is 13.9 Å². The molecule has 0 saturated heterocycles. The van der Waals surface area contributed by atoms with Crippen LogP contribution in [0.15, 0.2) is 143 Å². The third-order valence-corrected chi connectivity index (χ3v) is 12.9. The maximum atomic E-state index is 13.4. The molecule has 0 fully saturated rings. The van der Waals surface area contributed by atoms with Crippen LogP contribution in [-0.4, -0.2) is 20.4 Å². The summed E-state index contributed by atoms with van der Waals surface area (Å²) < 4.78 is 16.7. The summed E-state index contributed by atoms with van der Waals surface area (Å²) in [7, 11) is 1.28. The van der Waals surface area contributed by atoms with Crippen LogP contribution < -0.4 is 30.8 Å². The molecule has 0 atom stereocenters. The van der Waals surface area contributed by atoms with Gasteiger partial charge in [-0.25, -0.2) is 0 Å². The van der Waals surface area contributed by atoms with E-state index in [1.54, 1.807) is 19.2 Å². The van der Waals surface area contributed by atoms with Gasteiger partial charge in [-0.05, 0) is 78.9 Å². The van der Waals surface area contributed by atoms with E-state index in [-0.39, 0.29) is 5.43 Å². The number of unbranched alkanes of at least 4 members (excludes halogenated alkanes) is 1. The van der Waals surface area contributed by atoms with Gasteiger partial charge in [-0.1, -0.05) is 78.9 Å². The Morgan fingerprint density at radius 3 is 1.73 bits per heavy atom. The van der Waals surface area contributed by atoms with E-state index in [2.05, 4.69) is 103 Å². The van der Waals surface area contributed by atoms with Crippen molar-refractivity contribution >= 4 is 34.1 Å². The Morgan fingerprint density at radius 2 is 1.20 bits per heavy atom. The minimum Gasteiger partial charge on any atom is -0.493 e. The Morgan fingerprint density at radius 1 is 0.636 bits per heavy atom. The van der Waals surface area contributed by atoms with Gasteiger partial charge in [0.25, 0.3) is 0 Å². The van der Waals surface area contributed by atoms with Gasteiger partial charge >= 0.3 is 0 Å². The van der Waals surface area contributed by atoms with Gasteiger partial charge in [0.15, 0.2) is 11.3 Å². The van der Waals surface area contributed by atoms with Crippen LogP contribution in [0.25, 0.3) is 22.1 Å². The Kier molecular flexibility index (Phi) is 8.91. The predicted molar refractivity (Wildman–Crippen MR) is 184 cm³/mol. The van der Waals surface area contributed by atoms with Gasteiger partial charge in [0.2, 0.25) is 11.2 Å². The Balaban J connectivity index is 1.21. The van der Waals surface area contributed by atoms with E-state index in [1.807, 2.05) is 12.1 Å². The molecular weight excluding hydrogens is 563 g/mol. The Bertz CT molecular complexity index is 1790. The molecule has 6 aromatic rings. The van der Waals surface area contributed by atoms with Crippen molar-refractivity contribution in [1.29, 1.82) is 0 Å². The maximum absolute atomic E-state index is 13.4. The van der Waals surface area contributed by atoms with Crippen molar-refractivity contribution in [3.63, 3.8) is 0 Å². The Labute approximate surface area is 259 Å². The van der Waals surface area contributed by atoms with E-state index in [0.29, 0.717) is 28.0 Å². The molecule has 0 amide bonds. The second-order valence-corrected chi connectivity index (χ2v) is 14.5. The second kappa shape index (κ2) is 13.3. The number of rotatable bonds is 11. The smallest absolute Gasteiger partial charge is 0.204 e. The first-order valence-electron chi connectivity index (χ1n) is 15.0. The lowest BCUT2D eigenvalue weighted by atomic mass is 10.0. The van der Waals surface area contributed by atoms with Crippen LogP contribution in [0.1, 0.15) is 18.4 Å².